The van der Waals surface area contributed by atoms with Gasteiger partial charge >= 0.3 is 0 Å². The van der Waals surface area contributed by atoms with E-state index in [1.165, 1.54) is 30.5 Å². The van der Waals surface area contributed by atoms with Crippen LogP contribution in [-0.4, -0.2) is 54.8 Å². The van der Waals surface area contributed by atoms with Crippen LogP contribution in [-0.2, 0) is 16.1 Å². The molecule has 9 nitrogen and oxygen atoms in total. The summed E-state index contributed by atoms with van der Waals surface area (Å²) in [6.07, 6.45) is 4.49. The molecule has 216 valence electrons. The molecule has 0 aliphatic rings. The Labute approximate surface area is 247 Å². The molecular formula is C31H29ClFN5O4. The van der Waals surface area contributed by atoms with Crippen molar-refractivity contribution in [1.82, 2.24) is 9.88 Å². The molecule has 0 unspecified atom stereocenters. The lowest BCUT2D eigenvalue weighted by Crippen LogP contribution is -2.23. The number of rotatable bonds is 12. The Morgan fingerprint density at radius 3 is 2.81 bits per heavy atom. The van der Waals surface area contributed by atoms with Crippen LogP contribution in [0.3, 0.4) is 0 Å². The quantitative estimate of drug-likeness (QED) is 0.136. The van der Waals surface area contributed by atoms with Crippen LogP contribution < -0.4 is 15.4 Å². The van der Waals surface area contributed by atoms with E-state index in [0.29, 0.717) is 58.3 Å². The van der Waals surface area contributed by atoms with Crippen LogP contribution in [0.4, 0.5) is 21.5 Å². The normalized spacial score (nSPS) is 11.1. The van der Waals surface area contributed by atoms with Crippen LogP contribution in [0, 0.1) is 17.1 Å². The number of benzene rings is 3. The molecule has 4 rings (SSSR count). The Hall–Kier alpha value is -4.69. The van der Waals surface area contributed by atoms with Gasteiger partial charge in [-0.1, -0.05) is 29.8 Å². The van der Waals surface area contributed by atoms with Crippen LogP contribution in [0.1, 0.15) is 11.1 Å². The second kappa shape index (κ2) is 14.3. The maximum atomic E-state index is 13.5. The molecule has 0 aliphatic heterocycles. The summed E-state index contributed by atoms with van der Waals surface area (Å²) in [6, 6.07) is 16.2. The SMILES string of the molecule is COCCN(C)C/C=C/C(=O)Nc1cc2c(Nc3ccc(OCc4cccc(F)c4)c(Cl)c3)c(C#N)cnc2cc1O. The van der Waals surface area contributed by atoms with E-state index in [4.69, 9.17) is 21.1 Å². The Kier molecular flexibility index (Phi) is 10.3. The highest BCUT2D eigenvalue weighted by Gasteiger charge is 2.15. The number of phenolic OH excluding ortho intramolecular Hbond substituents is 1. The molecule has 1 heterocycles. The van der Waals surface area contributed by atoms with E-state index in [1.54, 1.807) is 49.6 Å². The van der Waals surface area contributed by atoms with Crippen molar-refractivity contribution in [2.45, 2.75) is 6.61 Å². The first kappa shape index (κ1) is 30.3. The molecule has 0 fully saturated rings. The van der Waals surface area contributed by atoms with Gasteiger partial charge in [-0.05, 0) is 49.0 Å². The minimum absolute atomic E-state index is 0.134. The molecule has 11 heteroatoms. The van der Waals surface area contributed by atoms with E-state index >= 15 is 0 Å². The fourth-order valence-corrected chi connectivity index (χ4v) is 4.26. The number of aromatic hydroxyl groups is 1. The van der Waals surface area contributed by atoms with E-state index in [0.717, 1.165) is 0 Å². The Morgan fingerprint density at radius 1 is 1.24 bits per heavy atom. The number of carbonyl (C=O) groups is 1. The van der Waals surface area contributed by atoms with E-state index in [2.05, 4.69) is 21.7 Å². The number of ether oxygens (including phenoxy) is 2. The first-order valence-corrected chi connectivity index (χ1v) is 13.3. The average Bonchev–Trinajstić information content (AvgIpc) is 2.96. The summed E-state index contributed by atoms with van der Waals surface area (Å²) in [7, 11) is 3.54. The number of nitrogens with one attached hydrogen (secondary N) is 2. The number of nitriles is 1. The number of phenols is 1. The third-order valence-electron chi connectivity index (χ3n) is 6.21. The molecule has 0 aliphatic carbocycles. The zero-order chi connectivity index (χ0) is 30.1. The van der Waals surface area contributed by atoms with Gasteiger partial charge in [0.15, 0.2) is 0 Å². The maximum absolute atomic E-state index is 13.5. The summed E-state index contributed by atoms with van der Waals surface area (Å²) < 4.78 is 24.3. The van der Waals surface area contributed by atoms with Gasteiger partial charge < -0.3 is 30.1 Å². The molecular weight excluding hydrogens is 561 g/mol. The van der Waals surface area contributed by atoms with Crippen molar-refractivity contribution in [1.29, 1.82) is 5.26 Å². The van der Waals surface area contributed by atoms with Crippen LogP contribution >= 0.6 is 11.6 Å². The van der Waals surface area contributed by atoms with Gasteiger partial charge in [0.25, 0.3) is 0 Å². The molecule has 0 atom stereocenters. The number of hydrogen-bond acceptors (Lipinski definition) is 8. The Morgan fingerprint density at radius 2 is 2.07 bits per heavy atom. The van der Waals surface area contributed by atoms with Crippen molar-refractivity contribution in [3.8, 4) is 17.6 Å². The lowest BCUT2D eigenvalue weighted by molar-refractivity contribution is -0.111. The zero-order valence-electron chi connectivity index (χ0n) is 23.0. The predicted molar refractivity (Wildman–Crippen MR) is 161 cm³/mol. The largest absolute Gasteiger partial charge is 0.506 e. The minimum atomic E-state index is -0.427. The van der Waals surface area contributed by atoms with Gasteiger partial charge in [0, 0.05) is 49.6 Å². The maximum Gasteiger partial charge on any atom is 0.248 e. The topological polar surface area (TPSA) is 120 Å². The number of aromatic nitrogens is 1. The van der Waals surface area contributed by atoms with Gasteiger partial charge in [-0.15, -0.1) is 0 Å². The van der Waals surface area contributed by atoms with Gasteiger partial charge in [-0.25, -0.2) is 4.39 Å². The first-order chi connectivity index (χ1) is 20.3. The molecule has 0 spiro atoms. The first-order valence-electron chi connectivity index (χ1n) is 12.9. The van der Waals surface area contributed by atoms with Crippen LogP contribution in [0.2, 0.25) is 5.02 Å². The van der Waals surface area contributed by atoms with E-state index in [9.17, 15) is 19.6 Å². The molecule has 4 aromatic rings. The number of methoxy groups -OCH3 is 1. The molecule has 0 radical (unpaired) electrons. The number of likely N-dealkylation sites (N-methyl/N-ethyl adjacent to an activating group) is 1. The number of carbonyl (C=O) groups excluding carboxylic acids is 1. The Balaban J connectivity index is 1.54. The summed E-state index contributed by atoms with van der Waals surface area (Å²) >= 11 is 6.46. The molecule has 0 saturated heterocycles. The highest BCUT2D eigenvalue weighted by atomic mass is 35.5. The highest BCUT2D eigenvalue weighted by Crippen LogP contribution is 2.37. The number of amides is 1. The third kappa shape index (κ3) is 7.95. The van der Waals surface area contributed by atoms with Crippen molar-refractivity contribution in [2.75, 3.05) is 44.5 Å². The highest BCUT2D eigenvalue weighted by molar-refractivity contribution is 6.32. The summed E-state index contributed by atoms with van der Waals surface area (Å²) in [5.41, 5.74) is 2.43. The minimum Gasteiger partial charge on any atom is -0.506 e. The van der Waals surface area contributed by atoms with E-state index in [-0.39, 0.29) is 29.4 Å². The summed E-state index contributed by atoms with van der Waals surface area (Å²) in [5.74, 6) is -0.551. The van der Waals surface area contributed by atoms with Crippen LogP contribution in [0.25, 0.3) is 10.9 Å². The summed E-state index contributed by atoms with van der Waals surface area (Å²) in [5, 5.41) is 27.0. The summed E-state index contributed by atoms with van der Waals surface area (Å²) in [6.45, 7) is 1.97. The predicted octanol–water partition coefficient (Wildman–Crippen LogP) is 6.00. The fraction of sp³-hybridized carbons (Fsp3) is 0.194. The van der Waals surface area contributed by atoms with Gasteiger partial charge in [0.05, 0.1) is 34.1 Å². The molecule has 0 bridgehead atoms. The molecule has 1 aromatic heterocycles. The van der Waals surface area contributed by atoms with E-state index in [1.807, 2.05) is 11.9 Å². The number of pyridine rings is 1. The number of anilines is 3. The van der Waals surface area contributed by atoms with Crippen molar-refractivity contribution in [3.63, 3.8) is 0 Å². The van der Waals surface area contributed by atoms with Crippen molar-refractivity contribution in [3.05, 3.63) is 94.9 Å². The zero-order valence-corrected chi connectivity index (χ0v) is 23.8. The molecule has 1 amide bonds. The van der Waals surface area contributed by atoms with Crippen molar-refractivity contribution < 1.29 is 23.8 Å². The monoisotopic (exact) mass is 589 g/mol. The van der Waals surface area contributed by atoms with Gasteiger partial charge in [-0.3, -0.25) is 9.78 Å². The number of nitrogens with zero attached hydrogens (tertiary/aromatic N) is 3. The number of hydrogen-bond donors (Lipinski definition) is 3. The lowest BCUT2D eigenvalue weighted by Gasteiger charge is -2.15. The molecule has 3 aromatic carbocycles. The molecule has 0 saturated carbocycles. The standard InChI is InChI=1S/C31H29ClFN5O4/c1-38(11-12-41-2)10-4-7-30(40)37-27-15-24-26(16-28(27)39)35-18-21(17-34)31(24)36-23-8-9-29(25(32)14-23)42-19-20-5-3-6-22(33)13-20/h3-9,13-16,18,39H,10-12,19H2,1-2H3,(H,35,36)(H,37,40)/b7-4+. The number of fused-ring (bicyclic) bond motifs is 1. The third-order valence-corrected chi connectivity index (χ3v) is 6.51. The van der Waals surface area contributed by atoms with E-state index < -0.39 is 5.91 Å². The van der Waals surface area contributed by atoms with Crippen LogP contribution in [0.5, 0.6) is 11.5 Å². The smallest absolute Gasteiger partial charge is 0.248 e. The van der Waals surface area contributed by atoms with Crippen molar-refractivity contribution >= 4 is 45.5 Å². The van der Waals surface area contributed by atoms with Gasteiger partial charge in [-0.2, -0.15) is 5.26 Å². The van der Waals surface area contributed by atoms with Crippen LogP contribution in [0.15, 0.2) is 72.9 Å². The molecule has 42 heavy (non-hydrogen) atoms. The second-order valence-electron chi connectivity index (χ2n) is 9.38. The van der Waals surface area contributed by atoms with Crippen molar-refractivity contribution in [2.24, 2.45) is 0 Å². The average molecular weight is 590 g/mol. The number of halogens is 2. The second-order valence-corrected chi connectivity index (χ2v) is 9.79. The molecule has 3 N–H and O–H groups in total. The van der Waals surface area contributed by atoms with Gasteiger partial charge in [0.2, 0.25) is 5.91 Å². The van der Waals surface area contributed by atoms with Gasteiger partial charge in [0.1, 0.15) is 30.0 Å². The summed E-state index contributed by atoms with van der Waals surface area (Å²) in [4.78, 5) is 18.8. The fourth-order valence-electron chi connectivity index (χ4n) is 4.03. The Bertz CT molecular complexity index is 1660. The lowest BCUT2D eigenvalue weighted by atomic mass is 10.1.